The molecule has 126 valence electrons. The van der Waals surface area contributed by atoms with Crippen LogP contribution in [0, 0.1) is 16.0 Å². The van der Waals surface area contributed by atoms with Gasteiger partial charge >= 0.3 is 0 Å². The fourth-order valence-corrected chi connectivity index (χ4v) is 3.77. The van der Waals surface area contributed by atoms with Gasteiger partial charge in [0.1, 0.15) is 0 Å². The summed E-state index contributed by atoms with van der Waals surface area (Å²) >= 11 is 6.03. The van der Waals surface area contributed by atoms with E-state index in [2.05, 4.69) is 29.2 Å². The number of nitrogens with zero attached hydrogens (tertiary/aromatic N) is 2. The Labute approximate surface area is 151 Å². The zero-order valence-corrected chi connectivity index (χ0v) is 14.3. The molecule has 2 aromatic carbocycles. The highest BCUT2D eigenvalue weighted by molar-refractivity contribution is 6.30. The van der Waals surface area contributed by atoms with Crippen molar-refractivity contribution >= 4 is 28.4 Å². The number of rotatable bonds is 3. The highest BCUT2D eigenvalue weighted by Gasteiger charge is 2.30. The monoisotopic (exact) mass is 352 g/mol. The molecule has 4 rings (SSSR count). The molecule has 0 fully saturated rings. The zero-order chi connectivity index (χ0) is 17.4. The molecule has 2 bridgehead atoms. The lowest BCUT2D eigenvalue weighted by Crippen LogP contribution is -2.38. The smallest absolute Gasteiger partial charge is 0.269 e. The molecule has 0 N–H and O–H groups in total. The molecule has 0 spiro atoms. The molecule has 0 saturated heterocycles. The molecule has 25 heavy (non-hydrogen) atoms. The molecule has 0 aliphatic carbocycles. The molecule has 0 saturated carbocycles. The third-order valence-electron chi connectivity index (χ3n) is 4.92. The van der Waals surface area contributed by atoms with Gasteiger partial charge in [0.25, 0.3) is 5.69 Å². The summed E-state index contributed by atoms with van der Waals surface area (Å²) in [7, 11) is 0. The first kappa shape index (κ1) is 16.1. The number of halogens is 1. The minimum absolute atomic E-state index is 0.124. The summed E-state index contributed by atoms with van der Waals surface area (Å²) in [6, 6.07) is 14.8. The van der Waals surface area contributed by atoms with E-state index in [1.807, 2.05) is 24.3 Å². The minimum atomic E-state index is -0.361. The fourth-order valence-electron chi connectivity index (χ4n) is 3.64. The third-order valence-corrected chi connectivity index (χ3v) is 5.17. The first-order valence-electron chi connectivity index (χ1n) is 8.25. The van der Waals surface area contributed by atoms with Crippen LogP contribution in [-0.4, -0.2) is 29.5 Å². The van der Waals surface area contributed by atoms with Gasteiger partial charge in [-0.3, -0.25) is 15.0 Å². The van der Waals surface area contributed by atoms with Crippen molar-refractivity contribution in [1.29, 1.82) is 0 Å². The Kier molecular flexibility index (Phi) is 4.15. The second-order valence-corrected chi connectivity index (χ2v) is 6.84. The Morgan fingerprint density at radius 1 is 0.920 bits per heavy atom. The second kappa shape index (κ2) is 6.47. The number of nitro benzene ring substituents is 1. The standard InChI is InChI=1S/C20H17ClN2O2/c21-16-5-1-14(2-6-16)18-9-11-22-12-10-19(20(18)13-22)15-3-7-17(8-4-15)23(24)25/h1-10,20H,11-13H2. The van der Waals surface area contributed by atoms with Crippen LogP contribution in [0.5, 0.6) is 0 Å². The fraction of sp³-hybridized carbons (Fsp3) is 0.200. The molecule has 0 radical (unpaired) electrons. The van der Waals surface area contributed by atoms with E-state index in [-0.39, 0.29) is 16.5 Å². The molecular weight excluding hydrogens is 336 g/mol. The first-order chi connectivity index (χ1) is 12.1. The number of hydrogen-bond donors (Lipinski definition) is 0. The molecule has 2 unspecified atom stereocenters. The summed E-state index contributed by atoms with van der Waals surface area (Å²) in [5.41, 5.74) is 4.91. The highest BCUT2D eigenvalue weighted by atomic mass is 35.5. The van der Waals surface area contributed by atoms with Gasteiger partial charge in [0.2, 0.25) is 0 Å². The molecule has 0 amide bonds. The predicted molar refractivity (Wildman–Crippen MR) is 100 cm³/mol. The lowest BCUT2D eigenvalue weighted by Gasteiger charge is -2.38. The molecule has 2 aliphatic heterocycles. The molecule has 2 aromatic rings. The number of hydrogen-bond acceptors (Lipinski definition) is 3. The van der Waals surface area contributed by atoms with E-state index < -0.39 is 0 Å². The maximum Gasteiger partial charge on any atom is 0.269 e. The van der Waals surface area contributed by atoms with Crippen molar-refractivity contribution in [3.63, 3.8) is 0 Å². The van der Waals surface area contributed by atoms with Crippen molar-refractivity contribution in [1.82, 2.24) is 4.90 Å². The van der Waals surface area contributed by atoms with Crippen molar-refractivity contribution in [3.05, 3.63) is 86.9 Å². The Morgan fingerprint density at radius 2 is 1.44 bits per heavy atom. The molecule has 2 aliphatic rings. The van der Waals surface area contributed by atoms with E-state index >= 15 is 0 Å². The van der Waals surface area contributed by atoms with E-state index in [1.54, 1.807) is 12.1 Å². The molecule has 2 heterocycles. The van der Waals surface area contributed by atoms with Crippen molar-refractivity contribution in [2.24, 2.45) is 5.92 Å². The predicted octanol–water partition coefficient (Wildman–Crippen LogP) is 4.66. The summed E-state index contributed by atoms with van der Waals surface area (Å²) in [6.07, 6.45) is 4.54. The molecule has 2 atom stereocenters. The summed E-state index contributed by atoms with van der Waals surface area (Å²) in [5.74, 6) is 0.269. The minimum Gasteiger partial charge on any atom is -0.295 e. The van der Waals surface area contributed by atoms with Crippen LogP contribution in [0.15, 0.2) is 60.7 Å². The molecule has 4 nitrogen and oxygen atoms in total. The molecular formula is C20H17ClN2O2. The van der Waals surface area contributed by atoms with Crippen molar-refractivity contribution < 1.29 is 4.92 Å². The summed E-state index contributed by atoms with van der Waals surface area (Å²) in [4.78, 5) is 12.9. The van der Waals surface area contributed by atoms with Crippen LogP contribution in [-0.2, 0) is 0 Å². The van der Waals surface area contributed by atoms with Gasteiger partial charge in [-0.15, -0.1) is 0 Å². The SMILES string of the molecule is O=[N+]([O-])c1ccc(C2=CCN3CC=C(c4ccc(Cl)cc4)C2C3)cc1. The number of nitro groups is 1. The van der Waals surface area contributed by atoms with Gasteiger partial charge in [-0.2, -0.15) is 0 Å². The van der Waals surface area contributed by atoms with Gasteiger partial charge in [0.05, 0.1) is 4.92 Å². The lowest BCUT2D eigenvalue weighted by molar-refractivity contribution is -0.384. The van der Waals surface area contributed by atoms with Crippen molar-refractivity contribution in [2.75, 3.05) is 19.6 Å². The molecule has 5 heteroatoms. The normalized spacial score (nSPS) is 22.1. The average Bonchev–Trinajstić information content (AvgIpc) is 2.63. The van der Waals surface area contributed by atoms with Gasteiger partial charge in [-0.1, -0.05) is 35.9 Å². The lowest BCUT2D eigenvalue weighted by atomic mass is 9.79. The topological polar surface area (TPSA) is 46.4 Å². The number of non-ortho nitro benzene ring substituents is 1. The quantitative estimate of drug-likeness (QED) is 0.596. The van der Waals surface area contributed by atoms with Gasteiger partial charge in [-0.05, 0) is 46.5 Å². The summed E-state index contributed by atoms with van der Waals surface area (Å²) in [5, 5.41) is 11.6. The van der Waals surface area contributed by atoms with Crippen LogP contribution in [0.25, 0.3) is 11.1 Å². The van der Waals surface area contributed by atoms with Crippen molar-refractivity contribution in [3.8, 4) is 0 Å². The maximum atomic E-state index is 10.9. The first-order valence-corrected chi connectivity index (χ1v) is 8.63. The highest BCUT2D eigenvalue weighted by Crippen LogP contribution is 2.40. The van der Waals surface area contributed by atoms with E-state index in [0.717, 1.165) is 30.2 Å². The molecule has 0 aromatic heterocycles. The Bertz CT molecular complexity index is 870. The van der Waals surface area contributed by atoms with Crippen LogP contribution >= 0.6 is 11.6 Å². The van der Waals surface area contributed by atoms with Gasteiger partial charge in [0.15, 0.2) is 0 Å². The Hall–Kier alpha value is -2.43. The second-order valence-electron chi connectivity index (χ2n) is 6.40. The Balaban J connectivity index is 1.70. The van der Waals surface area contributed by atoms with E-state index in [0.29, 0.717) is 0 Å². The van der Waals surface area contributed by atoms with E-state index in [9.17, 15) is 10.1 Å². The van der Waals surface area contributed by atoms with Crippen LogP contribution in [0.1, 0.15) is 11.1 Å². The van der Waals surface area contributed by atoms with Crippen molar-refractivity contribution in [2.45, 2.75) is 0 Å². The largest absolute Gasteiger partial charge is 0.295 e. The van der Waals surface area contributed by atoms with Gasteiger partial charge in [0, 0.05) is 42.7 Å². The van der Waals surface area contributed by atoms with E-state index in [4.69, 9.17) is 11.6 Å². The van der Waals surface area contributed by atoms with Crippen LogP contribution in [0.2, 0.25) is 5.02 Å². The zero-order valence-electron chi connectivity index (χ0n) is 13.6. The summed E-state index contributed by atoms with van der Waals surface area (Å²) in [6.45, 7) is 2.82. The Morgan fingerprint density at radius 3 is 1.96 bits per heavy atom. The van der Waals surface area contributed by atoms with E-state index in [1.165, 1.54) is 16.7 Å². The van der Waals surface area contributed by atoms with Gasteiger partial charge < -0.3 is 0 Å². The van der Waals surface area contributed by atoms with Crippen LogP contribution in [0.3, 0.4) is 0 Å². The van der Waals surface area contributed by atoms with Gasteiger partial charge in [-0.25, -0.2) is 0 Å². The van der Waals surface area contributed by atoms with Crippen LogP contribution < -0.4 is 0 Å². The number of fused-ring (bicyclic) bond motifs is 2. The third kappa shape index (κ3) is 3.11. The summed E-state index contributed by atoms with van der Waals surface area (Å²) < 4.78 is 0. The average molecular weight is 353 g/mol. The maximum absolute atomic E-state index is 10.9. The number of benzene rings is 2. The van der Waals surface area contributed by atoms with Crippen LogP contribution in [0.4, 0.5) is 5.69 Å².